The highest BCUT2D eigenvalue weighted by molar-refractivity contribution is 7.90. The lowest BCUT2D eigenvalue weighted by Gasteiger charge is -2.37. The van der Waals surface area contributed by atoms with Gasteiger partial charge in [-0.1, -0.05) is 24.3 Å². The monoisotopic (exact) mass is 404 g/mol. The first-order chi connectivity index (χ1) is 13.4. The summed E-state index contributed by atoms with van der Waals surface area (Å²) < 4.78 is 37.1. The molecule has 0 unspecified atom stereocenters. The molecule has 3 rings (SSSR count). The SMILES string of the molecule is CN=C(NCc1ccc(S(C)(=O)=O)cc1)N1CCN(c2ccccc2F)CC1. The Morgan fingerprint density at radius 1 is 1.07 bits per heavy atom. The van der Waals surface area contributed by atoms with Crippen molar-refractivity contribution in [1.82, 2.24) is 10.2 Å². The largest absolute Gasteiger partial charge is 0.366 e. The van der Waals surface area contributed by atoms with Crippen molar-refractivity contribution in [1.29, 1.82) is 0 Å². The number of sulfone groups is 1. The Balaban J connectivity index is 1.56. The first-order valence-corrected chi connectivity index (χ1v) is 11.0. The van der Waals surface area contributed by atoms with Gasteiger partial charge in [-0.3, -0.25) is 4.99 Å². The molecular formula is C20H25FN4O2S. The van der Waals surface area contributed by atoms with Crippen LogP contribution in [0.25, 0.3) is 0 Å². The fourth-order valence-electron chi connectivity index (χ4n) is 3.24. The molecule has 8 heteroatoms. The van der Waals surface area contributed by atoms with E-state index in [9.17, 15) is 12.8 Å². The van der Waals surface area contributed by atoms with E-state index in [-0.39, 0.29) is 5.82 Å². The number of piperazine rings is 1. The highest BCUT2D eigenvalue weighted by atomic mass is 32.2. The van der Waals surface area contributed by atoms with Gasteiger partial charge in [0.05, 0.1) is 10.6 Å². The van der Waals surface area contributed by atoms with Gasteiger partial charge in [0.2, 0.25) is 0 Å². The van der Waals surface area contributed by atoms with Crippen LogP contribution in [0.1, 0.15) is 5.56 Å². The van der Waals surface area contributed by atoms with Crippen molar-refractivity contribution in [2.45, 2.75) is 11.4 Å². The average molecular weight is 405 g/mol. The predicted octanol–water partition coefficient (Wildman–Crippen LogP) is 2.13. The molecule has 1 saturated heterocycles. The summed E-state index contributed by atoms with van der Waals surface area (Å²) in [6.45, 7) is 3.45. The molecule has 1 aliphatic rings. The minimum Gasteiger partial charge on any atom is -0.366 e. The van der Waals surface area contributed by atoms with Crippen LogP contribution in [0.15, 0.2) is 58.4 Å². The smallest absolute Gasteiger partial charge is 0.194 e. The molecule has 1 fully saturated rings. The molecule has 0 aliphatic carbocycles. The van der Waals surface area contributed by atoms with Crippen molar-refractivity contribution < 1.29 is 12.8 Å². The van der Waals surface area contributed by atoms with Gasteiger partial charge in [-0.2, -0.15) is 0 Å². The number of hydrogen-bond donors (Lipinski definition) is 1. The van der Waals surface area contributed by atoms with Crippen molar-refractivity contribution in [3.05, 3.63) is 59.9 Å². The third kappa shape index (κ3) is 4.81. The summed E-state index contributed by atoms with van der Waals surface area (Å²) in [5.41, 5.74) is 1.61. The molecule has 0 spiro atoms. The first kappa shape index (κ1) is 20.1. The maximum atomic E-state index is 14.0. The second kappa shape index (κ2) is 8.60. The Morgan fingerprint density at radius 2 is 1.71 bits per heavy atom. The molecule has 0 amide bonds. The van der Waals surface area contributed by atoms with Gasteiger partial charge < -0.3 is 15.1 Å². The van der Waals surface area contributed by atoms with Gasteiger partial charge in [-0.25, -0.2) is 12.8 Å². The third-order valence-corrected chi connectivity index (χ3v) is 5.91. The Kier molecular flexibility index (Phi) is 6.18. The van der Waals surface area contributed by atoms with Crippen LogP contribution in [0.4, 0.5) is 10.1 Å². The summed E-state index contributed by atoms with van der Waals surface area (Å²) in [4.78, 5) is 8.84. The molecule has 150 valence electrons. The first-order valence-electron chi connectivity index (χ1n) is 9.12. The van der Waals surface area contributed by atoms with Crippen LogP contribution in [0.3, 0.4) is 0 Å². The Hall–Kier alpha value is -2.61. The van der Waals surface area contributed by atoms with Crippen LogP contribution in [0.2, 0.25) is 0 Å². The third-order valence-electron chi connectivity index (χ3n) is 4.79. The molecule has 0 aromatic heterocycles. The van der Waals surface area contributed by atoms with E-state index in [0.717, 1.165) is 24.6 Å². The Labute approximate surface area is 165 Å². The number of nitrogens with zero attached hydrogens (tertiary/aromatic N) is 3. The van der Waals surface area contributed by atoms with Gasteiger partial charge in [0.1, 0.15) is 5.82 Å². The van der Waals surface area contributed by atoms with E-state index >= 15 is 0 Å². The van der Waals surface area contributed by atoms with Crippen LogP contribution in [0.5, 0.6) is 0 Å². The van der Waals surface area contributed by atoms with Crippen LogP contribution >= 0.6 is 0 Å². The number of guanidine groups is 1. The van der Waals surface area contributed by atoms with Gasteiger partial charge in [-0.15, -0.1) is 0 Å². The van der Waals surface area contributed by atoms with E-state index < -0.39 is 9.84 Å². The molecule has 2 aromatic rings. The molecule has 0 radical (unpaired) electrons. The molecule has 0 saturated carbocycles. The second-order valence-electron chi connectivity index (χ2n) is 6.74. The van der Waals surface area contributed by atoms with Crippen molar-refractivity contribution in [3.8, 4) is 0 Å². The average Bonchev–Trinajstić information content (AvgIpc) is 2.69. The minimum absolute atomic E-state index is 0.198. The number of rotatable bonds is 4. The van der Waals surface area contributed by atoms with Crippen LogP contribution in [0, 0.1) is 5.82 Å². The van der Waals surface area contributed by atoms with Gasteiger partial charge in [0.25, 0.3) is 0 Å². The van der Waals surface area contributed by atoms with Gasteiger partial charge in [0.15, 0.2) is 15.8 Å². The minimum atomic E-state index is -3.19. The summed E-state index contributed by atoms with van der Waals surface area (Å²) in [5, 5.41) is 3.31. The molecule has 1 N–H and O–H groups in total. The van der Waals surface area contributed by atoms with E-state index in [4.69, 9.17) is 0 Å². The molecule has 0 bridgehead atoms. The second-order valence-corrected chi connectivity index (χ2v) is 8.76. The number of hydrogen-bond acceptors (Lipinski definition) is 4. The number of nitrogens with one attached hydrogen (secondary N) is 1. The number of benzene rings is 2. The topological polar surface area (TPSA) is 65.0 Å². The number of para-hydroxylation sites is 1. The molecular weight excluding hydrogens is 379 g/mol. The highest BCUT2D eigenvalue weighted by Gasteiger charge is 2.21. The van der Waals surface area contributed by atoms with Gasteiger partial charge >= 0.3 is 0 Å². The summed E-state index contributed by atoms with van der Waals surface area (Å²) in [6, 6.07) is 13.7. The van der Waals surface area contributed by atoms with E-state index in [1.807, 2.05) is 11.0 Å². The van der Waals surface area contributed by atoms with Crippen LogP contribution in [-0.2, 0) is 16.4 Å². The number of aliphatic imine (C=N–C) groups is 1. The number of halogens is 1. The lowest BCUT2D eigenvalue weighted by molar-refractivity contribution is 0.370. The van der Waals surface area contributed by atoms with E-state index in [0.29, 0.717) is 30.2 Å². The van der Waals surface area contributed by atoms with E-state index in [1.54, 1.807) is 43.4 Å². The molecule has 2 aromatic carbocycles. The zero-order chi connectivity index (χ0) is 20.1. The fourth-order valence-corrected chi connectivity index (χ4v) is 3.87. The summed E-state index contributed by atoms with van der Waals surface area (Å²) in [5.74, 6) is 0.580. The molecule has 28 heavy (non-hydrogen) atoms. The van der Waals surface area contributed by atoms with Crippen molar-refractivity contribution in [2.24, 2.45) is 4.99 Å². The Bertz CT molecular complexity index is 937. The normalized spacial score (nSPS) is 15.6. The maximum Gasteiger partial charge on any atom is 0.194 e. The van der Waals surface area contributed by atoms with E-state index in [1.165, 1.54) is 12.3 Å². The fraction of sp³-hybridized carbons (Fsp3) is 0.350. The Morgan fingerprint density at radius 3 is 2.29 bits per heavy atom. The van der Waals surface area contributed by atoms with Gasteiger partial charge in [0, 0.05) is 46.0 Å². The summed E-state index contributed by atoms with van der Waals surface area (Å²) >= 11 is 0. The molecule has 1 heterocycles. The van der Waals surface area contributed by atoms with Crippen molar-refractivity contribution in [2.75, 3.05) is 44.4 Å². The van der Waals surface area contributed by atoms with Crippen LogP contribution in [-0.4, -0.2) is 58.8 Å². The van der Waals surface area contributed by atoms with Crippen molar-refractivity contribution >= 4 is 21.5 Å². The summed E-state index contributed by atoms with van der Waals surface area (Å²) in [6.07, 6.45) is 1.20. The predicted molar refractivity (Wildman–Crippen MR) is 110 cm³/mol. The lowest BCUT2D eigenvalue weighted by atomic mass is 10.2. The quantitative estimate of drug-likeness (QED) is 0.625. The number of anilines is 1. The van der Waals surface area contributed by atoms with E-state index in [2.05, 4.69) is 15.2 Å². The lowest BCUT2D eigenvalue weighted by Crippen LogP contribution is -2.52. The van der Waals surface area contributed by atoms with Crippen molar-refractivity contribution in [3.63, 3.8) is 0 Å². The summed E-state index contributed by atoms with van der Waals surface area (Å²) in [7, 11) is -1.45. The van der Waals surface area contributed by atoms with Crippen LogP contribution < -0.4 is 10.2 Å². The zero-order valence-electron chi connectivity index (χ0n) is 16.1. The highest BCUT2D eigenvalue weighted by Crippen LogP contribution is 2.20. The van der Waals surface area contributed by atoms with Gasteiger partial charge in [-0.05, 0) is 29.8 Å². The molecule has 0 atom stereocenters. The maximum absolute atomic E-state index is 14.0. The standard InChI is InChI=1S/C20H25FN4O2S/c1-22-20(23-15-16-7-9-17(10-8-16)28(2,26)27)25-13-11-24(12-14-25)19-6-4-3-5-18(19)21/h3-10H,11-15H2,1-2H3,(H,22,23). The zero-order valence-corrected chi connectivity index (χ0v) is 16.9. The molecule has 6 nitrogen and oxygen atoms in total. The molecule has 1 aliphatic heterocycles.